The zero-order valence-corrected chi connectivity index (χ0v) is 12.2. The Labute approximate surface area is 122 Å². The third-order valence-corrected chi connectivity index (χ3v) is 3.36. The molecule has 5 nitrogen and oxygen atoms in total. The molecule has 2 rings (SSSR count). The van der Waals surface area contributed by atoms with Crippen LogP contribution >= 0.6 is 11.6 Å². The van der Waals surface area contributed by atoms with Crippen molar-refractivity contribution >= 4 is 28.7 Å². The molecule has 20 heavy (non-hydrogen) atoms. The lowest BCUT2D eigenvalue weighted by Crippen LogP contribution is -2.07. The number of imidazole rings is 1. The summed E-state index contributed by atoms with van der Waals surface area (Å²) in [4.78, 5) is 19.5. The highest BCUT2D eigenvalue weighted by atomic mass is 35.5. The molecule has 0 amide bonds. The number of halogens is 1. The van der Waals surface area contributed by atoms with Crippen LogP contribution in [0.25, 0.3) is 11.2 Å². The summed E-state index contributed by atoms with van der Waals surface area (Å²) in [6, 6.07) is 1.80. The van der Waals surface area contributed by atoms with Gasteiger partial charge < -0.3 is 9.67 Å². The van der Waals surface area contributed by atoms with Gasteiger partial charge in [0, 0.05) is 25.6 Å². The molecular formula is C14H18ClN3O2. The molecule has 0 radical (unpaired) electrons. The summed E-state index contributed by atoms with van der Waals surface area (Å²) in [5.41, 5.74) is 1.56. The fraction of sp³-hybridized carbons (Fsp3) is 0.500. The van der Waals surface area contributed by atoms with E-state index in [2.05, 4.69) is 16.9 Å². The molecule has 0 saturated carbocycles. The van der Waals surface area contributed by atoms with Gasteiger partial charge in [-0.3, -0.25) is 4.79 Å². The minimum absolute atomic E-state index is 0.153. The van der Waals surface area contributed by atoms with Crippen LogP contribution in [-0.2, 0) is 17.8 Å². The summed E-state index contributed by atoms with van der Waals surface area (Å²) in [6.45, 7) is 2.75. The number of unbranched alkanes of at least 4 members (excludes halogenated alkanes) is 1. The Morgan fingerprint density at radius 1 is 1.45 bits per heavy atom. The van der Waals surface area contributed by atoms with Crippen molar-refractivity contribution in [2.45, 2.75) is 45.6 Å². The highest BCUT2D eigenvalue weighted by Gasteiger charge is 2.12. The van der Waals surface area contributed by atoms with Crippen LogP contribution in [0.3, 0.4) is 0 Å². The van der Waals surface area contributed by atoms with Gasteiger partial charge in [0.25, 0.3) is 0 Å². The molecular weight excluding hydrogens is 278 g/mol. The number of carbonyl (C=O) groups is 1. The average Bonchev–Trinajstić information content (AvgIpc) is 2.73. The standard InChI is InChI=1S/C14H18ClN3O2/c1-2-3-5-12-17-11-8-10(15)9-16-14(11)18(12)7-4-6-13(19)20/h8-9H,2-7H2,1H3,(H,19,20). The van der Waals surface area contributed by atoms with Gasteiger partial charge in [-0.05, 0) is 18.9 Å². The number of aromatic nitrogens is 3. The molecule has 2 heterocycles. The molecule has 0 aromatic carbocycles. The van der Waals surface area contributed by atoms with Gasteiger partial charge in [0.1, 0.15) is 11.3 Å². The maximum atomic E-state index is 10.6. The second-order valence-electron chi connectivity index (χ2n) is 4.78. The van der Waals surface area contributed by atoms with Crippen LogP contribution in [0, 0.1) is 0 Å². The van der Waals surface area contributed by atoms with E-state index in [1.807, 2.05) is 4.57 Å². The lowest BCUT2D eigenvalue weighted by molar-refractivity contribution is -0.137. The number of fused-ring (bicyclic) bond motifs is 1. The molecule has 0 aliphatic heterocycles. The smallest absolute Gasteiger partial charge is 0.303 e. The number of pyridine rings is 1. The predicted octanol–water partition coefficient (Wildman–Crippen LogP) is 3.29. The maximum Gasteiger partial charge on any atom is 0.303 e. The summed E-state index contributed by atoms with van der Waals surface area (Å²) >= 11 is 5.94. The van der Waals surface area contributed by atoms with Crippen LogP contribution in [0.5, 0.6) is 0 Å². The predicted molar refractivity (Wildman–Crippen MR) is 78.0 cm³/mol. The summed E-state index contributed by atoms with van der Waals surface area (Å²) < 4.78 is 2.02. The third kappa shape index (κ3) is 3.48. The Kier molecular flexibility index (Phi) is 4.95. The van der Waals surface area contributed by atoms with Crippen molar-refractivity contribution in [3.05, 3.63) is 23.1 Å². The van der Waals surface area contributed by atoms with E-state index in [1.54, 1.807) is 12.3 Å². The molecule has 2 aromatic heterocycles. The number of carboxylic acid groups (broad SMARTS) is 1. The summed E-state index contributed by atoms with van der Waals surface area (Å²) in [7, 11) is 0. The van der Waals surface area contributed by atoms with E-state index in [4.69, 9.17) is 16.7 Å². The first-order valence-corrected chi connectivity index (χ1v) is 7.22. The number of rotatable bonds is 7. The molecule has 0 spiro atoms. The summed E-state index contributed by atoms with van der Waals surface area (Å²) in [5.74, 6) is 0.183. The molecule has 0 aliphatic rings. The van der Waals surface area contributed by atoms with Crippen LogP contribution in [0.15, 0.2) is 12.3 Å². The van der Waals surface area contributed by atoms with Crippen LogP contribution in [0.4, 0.5) is 0 Å². The SMILES string of the molecule is CCCCc1nc2cc(Cl)cnc2n1CCCC(=O)O. The Morgan fingerprint density at radius 3 is 2.95 bits per heavy atom. The van der Waals surface area contributed by atoms with E-state index >= 15 is 0 Å². The first kappa shape index (κ1) is 14.8. The van der Waals surface area contributed by atoms with Crippen molar-refractivity contribution < 1.29 is 9.90 Å². The van der Waals surface area contributed by atoms with E-state index in [-0.39, 0.29) is 6.42 Å². The van der Waals surface area contributed by atoms with Crippen molar-refractivity contribution in [1.29, 1.82) is 0 Å². The summed E-state index contributed by atoms with van der Waals surface area (Å²) in [5, 5.41) is 9.31. The minimum Gasteiger partial charge on any atom is -0.481 e. The molecule has 0 aliphatic carbocycles. The number of hydrogen-bond acceptors (Lipinski definition) is 3. The van der Waals surface area contributed by atoms with Crippen molar-refractivity contribution in [3.63, 3.8) is 0 Å². The number of nitrogens with zero attached hydrogens (tertiary/aromatic N) is 3. The van der Waals surface area contributed by atoms with E-state index in [0.29, 0.717) is 18.0 Å². The van der Waals surface area contributed by atoms with Crippen LogP contribution < -0.4 is 0 Å². The van der Waals surface area contributed by atoms with Crippen molar-refractivity contribution in [1.82, 2.24) is 14.5 Å². The molecule has 0 saturated heterocycles. The molecule has 0 unspecified atom stereocenters. The quantitative estimate of drug-likeness (QED) is 0.851. The molecule has 1 N–H and O–H groups in total. The lowest BCUT2D eigenvalue weighted by atomic mass is 10.2. The highest BCUT2D eigenvalue weighted by molar-refractivity contribution is 6.31. The Morgan fingerprint density at radius 2 is 2.25 bits per heavy atom. The van der Waals surface area contributed by atoms with Crippen LogP contribution in [0.1, 0.15) is 38.4 Å². The van der Waals surface area contributed by atoms with Gasteiger partial charge in [-0.1, -0.05) is 24.9 Å². The summed E-state index contributed by atoms with van der Waals surface area (Å²) in [6.07, 6.45) is 5.34. The van der Waals surface area contributed by atoms with Crippen LogP contribution in [0.2, 0.25) is 5.02 Å². The normalized spacial score (nSPS) is 11.1. The Hall–Kier alpha value is -1.62. The molecule has 0 fully saturated rings. The number of aliphatic carboxylic acids is 1. The van der Waals surface area contributed by atoms with E-state index in [0.717, 1.165) is 36.3 Å². The Bertz CT molecular complexity index is 610. The molecule has 108 valence electrons. The van der Waals surface area contributed by atoms with Gasteiger partial charge in [0.05, 0.1) is 5.02 Å². The van der Waals surface area contributed by atoms with Crippen molar-refractivity contribution in [2.24, 2.45) is 0 Å². The van der Waals surface area contributed by atoms with E-state index < -0.39 is 5.97 Å². The first-order valence-electron chi connectivity index (χ1n) is 6.84. The van der Waals surface area contributed by atoms with Gasteiger partial charge in [-0.2, -0.15) is 0 Å². The van der Waals surface area contributed by atoms with Gasteiger partial charge in [0.2, 0.25) is 0 Å². The van der Waals surface area contributed by atoms with E-state index in [9.17, 15) is 4.79 Å². The number of aryl methyl sites for hydroxylation is 2. The monoisotopic (exact) mass is 295 g/mol. The second kappa shape index (κ2) is 6.70. The zero-order chi connectivity index (χ0) is 14.5. The highest BCUT2D eigenvalue weighted by Crippen LogP contribution is 2.20. The van der Waals surface area contributed by atoms with E-state index in [1.165, 1.54) is 0 Å². The van der Waals surface area contributed by atoms with Gasteiger partial charge in [0.15, 0.2) is 5.65 Å². The Balaban J connectivity index is 2.28. The molecule has 2 aromatic rings. The van der Waals surface area contributed by atoms with Crippen LogP contribution in [-0.4, -0.2) is 25.6 Å². The number of hydrogen-bond donors (Lipinski definition) is 1. The molecule has 0 atom stereocenters. The van der Waals surface area contributed by atoms with Crippen molar-refractivity contribution in [3.8, 4) is 0 Å². The number of carboxylic acids is 1. The largest absolute Gasteiger partial charge is 0.481 e. The fourth-order valence-corrected chi connectivity index (χ4v) is 2.33. The first-order chi connectivity index (χ1) is 9.61. The average molecular weight is 296 g/mol. The molecule has 6 heteroatoms. The maximum absolute atomic E-state index is 10.6. The zero-order valence-electron chi connectivity index (χ0n) is 11.5. The topological polar surface area (TPSA) is 68.0 Å². The van der Waals surface area contributed by atoms with Gasteiger partial charge >= 0.3 is 5.97 Å². The van der Waals surface area contributed by atoms with Gasteiger partial charge in [-0.25, -0.2) is 9.97 Å². The molecule has 0 bridgehead atoms. The second-order valence-corrected chi connectivity index (χ2v) is 5.21. The fourth-order valence-electron chi connectivity index (χ4n) is 2.18. The van der Waals surface area contributed by atoms with Crippen molar-refractivity contribution in [2.75, 3.05) is 0 Å². The van der Waals surface area contributed by atoms with Gasteiger partial charge in [-0.15, -0.1) is 0 Å². The third-order valence-electron chi connectivity index (χ3n) is 3.16. The minimum atomic E-state index is -0.777. The lowest BCUT2D eigenvalue weighted by Gasteiger charge is -2.07.